The number of thiazole rings is 1. The molecule has 0 spiro atoms. The topological polar surface area (TPSA) is 76.5 Å². The van der Waals surface area contributed by atoms with E-state index in [4.69, 9.17) is 9.84 Å². The number of ether oxygens (including phenoxy) is 1. The highest BCUT2D eigenvalue weighted by Crippen LogP contribution is 2.15. The van der Waals surface area contributed by atoms with Gasteiger partial charge in [0, 0.05) is 5.38 Å². The Hall–Kier alpha value is -2.47. The molecule has 1 N–H and O–H groups in total. The molecule has 1 aromatic carbocycles. The minimum Gasteiger partial charge on any atom is -0.478 e. The van der Waals surface area contributed by atoms with Crippen LogP contribution in [0.15, 0.2) is 47.3 Å². The first kappa shape index (κ1) is 14.9. The van der Waals surface area contributed by atoms with Crippen LogP contribution < -0.4 is 0 Å². The van der Waals surface area contributed by atoms with Gasteiger partial charge in [-0.05, 0) is 5.56 Å². The SMILES string of the molecule is O=C(CC=C(C(=O)O)c1cscn1)OCc1ccccc1. The first-order chi connectivity index (χ1) is 10.2. The van der Waals surface area contributed by atoms with E-state index in [9.17, 15) is 9.59 Å². The highest BCUT2D eigenvalue weighted by molar-refractivity contribution is 7.07. The van der Waals surface area contributed by atoms with Gasteiger partial charge in [0.25, 0.3) is 0 Å². The molecule has 0 aliphatic heterocycles. The zero-order valence-electron chi connectivity index (χ0n) is 11.1. The second-order valence-electron chi connectivity index (χ2n) is 4.15. The second kappa shape index (κ2) is 7.35. The molecular formula is C15H13NO4S. The first-order valence-corrected chi connectivity index (χ1v) is 7.12. The number of carbonyl (C=O) groups excluding carboxylic acids is 1. The Morgan fingerprint density at radius 3 is 2.67 bits per heavy atom. The largest absolute Gasteiger partial charge is 0.478 e. The molecule has 0 fully saturated rings. The molecule has 108 valence electrons. The van der Waals surface area contributed by atoms with Gasteiger partial charge in [0.1, 0.15) is 6.61 Å². The quantitative estimate of drug-likeness (QED) is 0.656. The third-order valence-corrected chi connectivity index (χ3v) is 3.24. The number of hydrogen-bond donors (Lipinski definition) is 1. The zero-order valence-corrected chi connectivity index (χ0v) is 11.9. The van der Waals surface area contributed by atoms with E-state index < -0.39 is 11.9 Å². The molecule has 0 saturated heterocycles. The van der Waals surface area contributed by atoms with E-state index in [-0.39, 0.29) is 18.6 Å². The van der Waals surface area contributed by atoms with Crippen LogP contribution in [-0.4, -0.2) is 22.0 Å². The number of aliphatic carboxylic acids is 1. The van der Waals surface area contributed by atoms with E-state index in [1.165, 1.54) is 17.4 Å². The van der Waals surface area contributed by atoms with Gasteiger partial charge in [-0.2, -0.15) is 0 Å². The van der Waals surface area contributed by atoms with Crippen LogP contribution in [0.2, 0.25) is 0 Å². The van der Waals surface area contributed by atoms with Gasteiger partial charge in [0.2, 0.25) is 0 Å². The van der Waals surface area contributed by atoms with E-state index in [1.54, 1.807) is 10.9 Å². The van der Waals surface area contributed by atoms with Crippen molar-refractivity contribution in [1.29, 1.82) is 0 Å². The van der Waals surface area contributed by atoms with Crippen molar-refractivity contribution in [3.05, 3.63) is 58.6 Å². The summed E-state index contributed by atoms with van der Waals surface area (Å²) >= 11 is 1.30. The standard InChI is InChI=1S/C15H13NO4S/c17-14(20-8-11-4-2-1-3-5-11)7-6-12(15(18)19)13-9-21-10-16-13/h1-6,9-10H,7-8H2,(H,18,19). The lowest BCUT2D eigenvalue weighted by Crippen LogP contribution is -2.05. The summed E-state index contributed by atoms with van der Waals surface area (Å²) in [5, 5.41) is 10.7. The number of rotatable bonds is 6. The van der Waals surface area contributed by atoms with Crippen LogP contribution in [0.1, 0.15) is 17.7 Å². The van der Waals surface area contributed by atoms with E-state index in [0.717, 1.165) is 5.56 Å². The van der Waals surface area contributed by atoms with Crippen molar-refractivity contribution in [3.63, 3.8) is 0 Å². The number of nitrogens with zero attached hydrogens (tertiary/aromatic N) is 1. The van der Waals surface area contributed by atoms with Gasteiger partial charge >= 0.3 is 11.9 Å². The monoisotopic (exact) mass is 303 g/mol. The maximum Gasteiger partial charge on any atom is 0.337 e. The minimum atomic E-state index is -1.11. The van der Waals surface area contributed by atoms with E-state index in [1.807, 2.05) is 30.3 Å². The molecule has 2 rings (SSSR count). The summed E-state index contributed by atoms with van der Waals surface area (Å²) in [6.07, 6.45) is 1.22. The number of carbonyl (C=O) groups is 2. The van der Waals surface area contributed by atoms with Gasteiger partial charge in [0.05, 0.1) is 23.2 Å². The fourth-order valence-electron chi connectivity index (χ4n) is 1.63. The van der Waals surface area contributed by atoms with Crippen molar-refractivity contribution < 1.29 is 19.4 Å². The first-order valence-electron chi connectivity index (χ1n) is 6.18. The molecule has 1 aromatic heterocycles. The molecule has 0 aliphatic rings. The van der Waals surface area contributed by atoms with Crippen molar-refractivity contribution in [3.8, 4) is 0 Å². The lowest BCUT2D eigenvalue weighted by molar-refractivity contribution is -0.143. The lowest BCUT2D eigenvalue weighted by atomic mass is 10.1. The molecule has 21 heavy (non-hydrogen) atoms. The van der Waals surface area contributed by atoms with Crippen LogP contribution >= 0.6 is 11.3 Å². The Labute approximate surface area is 125 Å². The molecule has 0 aliphatic carbocycles. The number of carboxylic acid groups (broad SMARTS) is 1. The maximum absolute atomic E-state index is 11.6. The lowest BCUT2D eigenvalue weighted by Gasteiger charge is -2.03. The van der Waals surface area contributed by atoms with Gasteiger partial charge in [-0.25, -0.2) is 9.78 Å². The molecular weight excluding hydrogens is 290 g/mol. The molecule has 1 heterocycles. The number of carboxylic acids is 1. The van der Waals surface area contributed by atoms with E-state index in [0.29, 0.717) is 5.69 Å². The van der Waals surface area contributed by atoms with Crippen LogP contribution in [0.25, 0.3) is 5.57 Å². The average molecular weight is 303 g/mol. The van der Waals surface area contributed by atoms with Crippen LogP contribution in [0, 0.1) is 0 Å². The summed E-state index contributed by atoms with van der Waals surface area (Å²) in [4.78, 5) is 26.7. The summed E-state index contributed by atoms with van der Waals surface area (Å²) in [5.41, 5.74) is 2.78. The molecule has 0 unspecified atom stereocenters. The molecule has 0 radical (unpaired) electrons. The highest BCUT2D eigenvalue weighted by atomic mass is 32.1. The fraction of sp³-hybridized carbons (Fsp3) is 0.133. The summed E-state index contributed by atoms with van der Waals surface area (Å²) in [5.74, 6) is -1.59. The predicted octanol–water partition coefficient (Wildman–Crippen LogP) is 2.74. The van der Waals surface area contributed by atoms with Crippen molar-refractivity contribution in [1.82, 2.24) is 4.98 Å². The third-order valence-electron chi connectivity index (χ3n) is 2.65. The van der Waals surface area contributed by atoms with Gasteiger partial charge < -0.3 is 9.84 Å². The van der Waals surface area contributed by atoms with E-state index >= 15 is 0 Å². The van der Waals surface area contributed by atoms with Crippen LogP contribution in [0.4, 0.5) is 0 Å². The summed E-state index contributed by atoms with van der Waals surface area (Å²) in [7, 11) is 0. The van der Waals surface area contributed by atoms with Crippen molar-refractivity contribution in [2.45, 2.75) is 13.0 Å². The Kier molecular flexibility index (Phi) is 5.22. The number of aromatic nitrogens is 1. The summed E-state index contributed by atoms with van der Waals surface area (Å²) in [6, 6.07) is 9.28. The van der Waals surface area contributed by atoms with Gasteiger partial charge in [-0.1, -0.05) is 36.4 Å². The third kappa shape index (κ3) is 4.54. The normalized spacial score (nSPS) is 11.1. The maximum atomic E-state index is 11.6. The molecule has 0 bridgehead atoms. The number of benzene rings is 1. The molecule has 2 aromatic rings. The molecule has 5 nitrogen and oxygen atoms in total. The Balaban J connectivity index is 1.92. The average Bonchev–Trinajstić information content (AvgIpc) is 3.00. The van der Waals surface area contributed by atoms with Gasteiger partial charge in [-0.15, -0.1) is 11.3 Å². The van der Waals surface area contributed by atoms with Gasteiger partial charge in [-0.3, -0.25) is 4.79 Å². The molecule has 0 atom stereocenters. The molecule has 0 saturated carbocycles. The molecule has 6 heteroatoms. The Morgan fingerprint density at radius 1 is 1.29 bits per heavy atom. The predicted molar refractivity (Wildman–Crippen MR) is 78.6 cm³/mol. The minimum absolute atomic E-state index is 0.00733. The van der Waals surface area contributed by atoms with Crippen molar-refractivity contribution in [2.75, 3.05) is 0 Å². The van der Waals surface area contributed by atoms with Crippen LogP contribution in [-0.2, 0) is 20.9 Å². The molecule has 0 amide bonds. The highest BCUT2D eigenvalue weighted by Gasteiger charge is 2.13. The smallest absolute Gasteiger partial charge is 0.337 e. The Bertz CT molecular complexity index is 635. The van der Waals surface area contributed by atoms with Crippen molar-refractivity contribution in [2.24, 2.45) is 0 Å². The Morgan fingerprint density at radius 2 is 2.05 bits per heavy atom. The number of esters is 1. The van der Waals surface area contributed by atoms with Crippen molar-refractivity contribution >= 4 is 28.8 Å². The summed E-state index contributed by atoms with van der Waals surface area (Å²) < 4.78 is 5.08. The second-order valence-corrected chi connectivity index (χ2v) is 4.87. The number of hydrogen-bond acceptors (Lipinski definition) is 5. The summed E-state index contributed by atoms with van der Waals surface area (Å²) in [6.45, 7) is 0.173. The fourth-order valence-corrected chi connectivity index (χ4v) is 2.18. The van der Waals surface area contributed by atoms with Crippen LogP contribution in [0.3, 0.4) is 0 Å². The van der Waals surface area contributed by atoms with Crippen LogP contribution in [0.5, 0.6) is 0 Å². The van der Waals surface area contributed by atoms with E-state index in [2.05, 4.69) is 4.98 Å². The van der Waals surface area contributed by atoms with Gasteiger partial charge in [0.15, 0.2) is 0 Å². The zero-order chi connectivity index (χ0) is 15.1.